The molecule has 1 aliphatic heterocycles. The highest BCUT2D eigenvalue weighted by atomic mass is 32.2. The van der Waals surface area contributed by atoms with E-state index < -0.39 is 10.0 Å². The molecule has 2 aliphatic rings. The normalized spacial score (nSPS) is 17.6. The lowest BCUT2D eigenvalue weighted by Crippen LogP contribution is -2.27. The van der Waals surface area contributed by atoms with Gasteiger partial charge in [-0.3, -0.25) is 4.79 Å². The number of benzene rings is 1. The van der Waals surface area contributed by atoms with Crippen molar-refractivity contribution in [2.75, 3.05) is 19.7 Å². The first-order chi connectivity index (χ1) is 14.4. The SMILES string of the molecule is Cn1cc(-c2cc(S(=O)(=O)N3CCCC3)ccc2OCC2CC2)c2cc[nH]c2c1=O. The van der Waals surface area contributed by atoms with Crippen molar-refractivity contribution in [3.05, 3.63) is 47.0 Å². The van der Waals surface area contributed by atoms with Crippen molar-refractivity contribution in [2.45, 2.75) is 30.6 Å². The van der Waals surface area contributed by atoms with Gasteiger partial charge in [-0.15, -0.1) is 0 Å². The average molecular weight is 428 g/mol. The van der Waals surface area contributed by atoms with Crippen LogP contribution in [0.2, 0.25) is 0 Å². The maximum Gasteiger partial charge on any atom is 0.274 e. The lowest BCUT2D eigenvalue weighted by Gasteiger charge is -2.18. The zero-order chi connectivity index (χ0) is 20.9. The zero-order valence-electron chi connectivity index (χ0n) is 16.9. The van der Waals surface area contributed by atoms with E-state index in [9.17, 15) is 13.2 Å². The third-order valence-corrected chi connectivity index (χ3v) is 7.90. The van der Waals surface area contributed by atoms with Crippen molar-refractivity contribution in [1.29, 1.82) is 0 Å². The monoisotopic (exact) mass is 427 g/mol. The quantitative estimate of drug-likeness (QED) is 0.655. The van der Waals surface area contributed by atoms with E-state index >= 15 is 0 Å². The molecule has 1 aliphatic carbocycles. The van der Waals surface area contributed by atoms with Gasteiger partial charge in [0, 0.05) is 49.0 Å². The number of hydrogen-bond donors (Lipinski definition) is 1. The molecule has 2 aromatic heterocycles. The van der Waals surface area contributed by atoms with Crippen LogP contribution < -0.4 is 10.3 Å². The third-order valence-electron chi connectivity index (χ3n) is 6.01. The molecular formula is C22H25N3O4S. The number of pyridine rings is 1. The predicted octanol–water partition coefficient (Wildman–Crippen LogP) is 3.11. The topological polar surface area (TPSA) is 84.4 Å². The molecule has 1 aromatic carbocycles. The van der Waals surface area contributed by atoms with Crippen molar-refractivity contribution in [3.63, 3.8) is 0 Å². The van der Waals surface area contributed by atoms with E-state index in [1.165, 1.54) is 17.4 Å². The molecule has 0 bridgehead atoms. The van der Waals surface area contributed by atoms with E-state index in [0.29, 0.717) is 42.4 Å². The maximum atomic E-state index is 13.2. The number of aromatic nitrogens is 2. The number of H-pyrrole nitrogens is 1. The third kappa shape index (κ3) is 3.33. The highest BCUT2D eigenvalue weighted by Crippen LogP contribution is 2.38. The summed E-state index contributed by atoms with van der Waals surface area (Å²) in [7, 11) is -1.87. The summed E-state index contributed by atoms with van der Waals surface area (Å²) in [6.07, 6.45) is 7.59. The molecule has 0 radical (unpaired) electrons. The number of ether oxygens (including phenoxy) is 1. The Balaban J connectivity index is 1.67. The molecule has 0 spiro atoms. The van der Waals surface area contributed by atoms with Gasteiger partial charge in [0.1, 0.15) is 11.3 Å². The molecule has 7 nitrogen and oxygen atoms in total. The van der Waals surface area contributed by atoms with Gasteiger partial charge in [0.05, 0.1) is 11.5 Å². The number of nitrogens with zero attached hydrogens (tertiary/aromatic N) is 2. The number of sulfonamides is 1. The molecule has 0 unspecified atom stereocenters. The van der Waals surface area contributed by atoms with E-state index in [1.807, 2.05) is 6.07 Å². The molecule has 0 atom stereocenters. The van der Waals surface area contributed by atoms with Gasteiger partial charge in [-0.05, 0) is 55.9 Å². The first kappa shape index (κ1) is 19.4. The number of nitrogens with one attached hydrogen (secondary N) is 1. The fraction of sp³-hybridized carbons (Fsp3) is 0.409. The highest BCUT2D eigenvalue weighted by molar-refractivity contribution is 7.89. The minimum atomic E-state index is -3.56. The summed E-state index contributed by atoms with van der Waals surface area (Å²) in [6, 6.07) is 6.93. The minimum Gasteiger partial charge on any atom is -0.493 e. The molecule has 30 heavy (non-hydrogen) atoms. The molecular weight excluding hydrogens is 402 g/mol. The predicted molar refractivity (Wildman–Crippen MR) is 115 cm³/mol. The van der Waals surface area contributed by atoms with E-state index in [0.717, 1.165) is 23.8 Å². The second-order valence-corrected chi connectivity index (χ2v) is 10.2. The maximum absolute atomic E-state index is 13.2. The van der Waals surface area contributed by atoms with Gasteiger partial charge in [-0.25, -0.2) is 8.42 Å². The first-order valence-electron chi connectivity index (χ1n) is 10.4. The van der Waals surface area contributed by atoms with Crippen LogP contribution in [0.5, 0.6) is 5.75 Å². The van der Waals surface area contributed by atoms with Crippen molar-refractivity contribution >= 4 is 20.9 Å². The number of fused-ring (bicyclic) bond motifs is 1. The Morgan fingerprint density at radius 2 is 1.90 bits per heavy atom. The fourth-order valence-electron chi connectivity index (χ4n) is 4.06. The molecule has 0 amide bonds. The number of aryl methyl sites for hydroxylation is 1. The Kier molecular flexibility index (Phi) is 4.71. The number of aromatic amines is 1. The van der Waals surface area contributed by atoms with Crippen LogP contribution in [0.15, 0.2) is 46.3 Å². The van der Waals surface area contributed by atoms with Crippen LogP contribution >= 0.6 is 0 Å². The van der Waals surface area contributed by atoms with Crippen LogP contribution in [-0.2, 0) is 17.1 Å². The fourth-order valence-corrected chi connectivity index (χ4v) is 5.60. The summed E-state index contributed by atoms with van der Waals surface area (Å²) in [5, 5.41) is 0.755. The van der Waals surface area contributed by atoms with Gasteiger partial charge in [-0.2, -0.15) is 4.31 Å². The largest absolute Gasteiger partial charge is 0.493 e. The molecule has 1 saturated carbocycles. The molecule has 5 rings (SSSR count). The van der Waals surface area contributed by atoms with Crippen molar-refractivity contribution in [3.8, 4) is 16.9 Å². The summed E-state index contributed by atoms with van der Waals surface area (Å²) >= 11 is 0. The molecule has 158 valence electrons. The Morgan fingerprint density at radius 1 is 1.13 bits per heavy atom. The Labute approximate surface area is 175 Å². The van der Waals surface area contributed by atoms with Crippen LogP contribution in [-0.4, -0.2) is 42.0 Å². The molecule has 1 N–H and O–H groups in total. The van der Waals surface area contributed by atoms with Crippen molar-refractivity contribution in [1.82, 2.24) is 13.9 Å². The van der Waals surface area contributed by atoms with Crippen LogP contribution in [0.3, 0.4) is 0 Å². The van der Waals surface area contributed by atoms with Gasteiger partial charge in [-0.1, -0.05) is 0 Å². The van der Waals surface area contributed by atoms with Gasteiger partial charge in [0.25, 0.3) is 5.56 Å². The Morgan fingerprint density at radius 3 is 2.63 bits per heavy atom. The van der Waals surface area contributed by atoms with Crippen LogP contribution in [0.1, 0.15) is 25.7 Å². The van der Waals surface area contributed by atoms with Gasteiger partial charge in [0.15, 0.2) is 0 Å². The summed E-state index contributed by atoms with van der Waals surface area (Å²) in [6.45, 7) is 1.73. The second-order valence-electron chi connectivity index (χ2n) is 8.25. The standard InChI is InChI=1S/C22H25N3O4S/c1-24-13-19(17-8-9-23-21(17)22(24)26)18-12-16(30(27,28)25-10-2-3-11-25)6-7-20(18)29-14-15-4-5-15/h6-9,12-13,15,23H,2-5,10-11,14H2,1H3. The van der Waals surface area contributed by atoms with E-state index in [1.54, 1.807) is 41.9 Å². The van der Waals surface area contributed by atoms with Crippen LogP contribution in [0.25, 0.3) is 22.0 Å². The van der Waals surface area contributed by atoms with Crippen LogP contribution in [0.4, 0.5) is 0 Å². The second kappa shape index (κ2) is 7.28. The smallest absolute Gasteiger partial charge is 0.274 e. The van der Waals surface area contributed by atoms with Gasteiger partial charge < -0.3 is 14.3 Å². The highest BCUT2D eigenvalue weighted by Gasteiger charge is 2.29. The molecule has 3 aromatic rings. The summed E-state index contributed by atoms with van der Waals surface area (Å²) in [5.41, 5.74) is 1.84. The van der Waals surface area contributed by atoms with Crippen molar-refractivity contribution in [2.24, 2.45) is 13.0 Å². The number of rotatable bonds is 6. The van der Waals surface area contributed by atoms with Gasteiger partial charge in [0.2, 0.25) is 10.0 Å². The minimum absolute atomic E-state index is 0.125. The molecule has 1 saturated heterocycles. The van der Waals surface area contributed by atoms with E-state index in [4.69, 9.17) is 4.74 Å². The summed E-state index contributed by atoms with van der Waals surface area (Å²) in [5.74, 6) is 1.21. The van der Waals surface area contributed by atoms with E-state index in [2.05, 4.69) is 4.98 Å². The van der Waals surface area contributed by atoms with E-state index in [-0.39, 0.29) is 10.5 Å². The lowest BCUT2D eigenvalue weighted by molar-refractivity contribution is 0.301. The molecule has 3 heterocycles. The van der Waals surface area contributed by atoms with Crippen molar-refractivity contribution < 1.29 is 13.2 Å². The summed E-state index contributed by atoms with van der Waals surface area (Å²) < 4.78 is 35.5. The zero-order valence-corrected chi connectivity index (χ0v) is 17.7. The lowest BCUT2D eigenvalue weighted by atomic mass is 10.0. The number of hydrogen-bond acceptors (Lipinski definition) is 4. The van der Waals surface area contributed by atoms with Gasteiger partial charge >= 0.3 is 0 Å². The molecule has 8 heteroatoms. The first-order valence-corrected chi connectivity index (χ1v) is 11.8. The Hall–Kier alpha value is -2.58. The average Bonchev–Trinajstić information content (AvgIpc) is 3.19. The summed E-state index contributed by atoms with van der Waals surface area (Å²) in [4.78, 5) is 15.7. The van der Waals surface area contributed by atoms with Crippen LogP contribution in [0, 0.1) is 5.92 Å². The Bertz CT molecular complexity index is 1270. The molecule has 2 fully saturated rings.